The molecule has 2 aromatic heterocycles. The minimum Gasteiger partial charge on any atom is -0.379 e. The molecule has 0 saturated carbocycles. The Bertz CT molecular complexity index is 536. The summed E-state index contributed by atoms with van der Waals surface area (Å²) in [4.78, 5) is 2.40. The van der Waals surface area contributed by atoms with E-state index in [2.05, 4.69) is 19.7 Å². The van der Waals surface area contributed by atoms with Gasteiger partial charge in [0.15, 0.2) is 10.8 Å². The number of ether oxygens (including phenoxy) is 1. The van der Waals surface area contributed by atoms with Crippen molar-refractivity contribution in [1.82, 2.24) is 19.7 Å². The molecule has 1 aliphatic rings. The monoisotopic (exact) mass is 266 g/mol. The lowest BCUT2D eigenvalue weighted by Gasteiger charge is -2.26. The molecule has 3 heterocycles. The Kier molecular flexibility index (Phi) is 3.45. The molecule has 96 valence electrons. The van der Waals surface area contributed by atoms with Crippen LogP contribution in [0, 0.1) is 0 Å². The highest BCUT2D eigenvalue weighted by Gasteiger charge is 2.11. The first kappa shape index (κ1) is 11.9. The Labute approximate surface area is 110 Å². The second-order valence-electron chi connectivity index (χ2n) is 4.41. The van der Waals surface area contributed by atoms with E-state index >= 15 is 0 Å². The maximum Gasteiger partial charge on any atom is 0.162 e. The third kappa shape index (κ3) is 2.48. The fourth-order valence-corrected chi connectivity index (χ4v) is 2.37. The van der Waals surface area contributed by atoms with E-state index in [4.69, 9.17) is 16.3 Å². The number of hydrogen-bond acceptors (Lipinski definition) is 4. The van der Waals surface area contributed by atoms with Gasteiger partial charge in [0.1, 0.15) is 0 Å². The van der Waals surface area contributed by atoms with E-state index in [1.807, 2.05) is 18.3 Å². The standard InChI is InChI=1S/C12H15ClN4O/c13-11-9-10-1-2-17(12(10)15-14-11)4-3-16-5-7-18-8-6-16/h1-2,9H,3-8H2. The minimum atomic E-state index is 0.438. The Morgan fingerprint density at radius 3 is 2.89 bits per heavy atom. The fourth-order valence-electron chi connectivity index (χ4n) is 2.22. The van der Waals surface area contributed by atoms with E-state index in [1.54, 1.807) is 0 Å². The van der Waals surface area contributed by atoms with Crippen LogP contribution in [0.15, 0.2) is 18.3 Å². The van der Waals surface area contributed by atoms with Crippen molar-refractivity contribution < 1.29 is 4.74 Å². The van der Waals surface area contributed by atoms with Gasteiger partial charge in [-0.2, -0.15) is 0 Å². The SMILES string of the molecule is Clc1cc2ccn(CCN3CCOCC3)c2nn1. The maximum atomic E-state index is 5.82. The van der Waals surface area contributed by atoms with E-state index in [0.717, 1.165) is 50.4 Å². The molecule has 0 N–H and O–H groups in total. The molecule has 0 spiro atoms. The third-order valence-electron chi connectivity index (χ3n) is 3.24. The molecule has 0 unspecified atom stereocenters. The second kappa shape index (κ2) is 5.22. The van der Waals surface area contributed by atoms with Crippen molar-refractivity contribution in [2.75, 3.05) is 32.8 Å². The van der Waals surface area contributed by atoms with Gasteiger partial charge in [-0.05, 0) is 12.1 Å². The number of fused-ring (bicyclic) bond motifs is 1. The van der Waals surface area contributed by atoms with Crippen molar-refractivity contribution in [1.29, 1.82) is 0 Å². The zero-order valence-corrected chi connectivity index (χ0v) is 10.8. The molecule has 0 amide bonds. The Morgan fingerprint density at radius 1 is 1.22 bits per heavy atom. The summed E-state index contributed by atoms with van der Waals surface area (Å²) in [5.74, 6) is 0. The third-order valence-corrected chi connectivity index (χ3v) is 3.42. The summed E-state index contributed by atoms with van der Waals surface area (Å²) in [6.45, 7) is 5.62. The molecule has 18 heavy (non-hydrogen) atoms. The van der Waals surface area contributed by atoms with Gasteiger partial charge in [-0.1, -0.05) is 11.6 Å². The molecule has 0 radical (unpaired) electrons. The number of nitrogens with zero attached hydrogens (tertiary/aromatic N) is 4. The number of hydrogen-bond donors (Lipinski definition) is 0. The van der Waals surface area contributed by atoms with Crippen LogP contribution < -0.4 is 0 Å². The van der Waals surface area contributed by atoms with Crippen LogP contribution in [0.1, 0.15) is 0 Å². The number of aromatic nitrogens is 3. The second-order valence-corrected chi connectivity index (χ2v) is 4.80. The smallest absolute Gasteiger partial charge is 0.162 e. The predicted molar refractivity (Wildman–Crippen MR) is 69.8 cm³/mol. The zero-order chi connectivity index (χ0) is 12.4. The Balaban J connectivity index is 1.70. The van der Waals surface area contributed by atoms with Crippen LogP contribution in [0.5, 0.6) is 0 Å². The summed E-state index contributed by atoms with van der Waals surface area (Å²) in [6, 6.07) is 3.87. The van der Waals surface area contributed by atoms with Crippen LogP contribution in [0.4, 0.5) is 0 Å². The van der Waals surface area contributed by atoms with Crippen molar-refractivity contribution in [3.8, 4) is 0 Å². The van der Waals surface area contributed by atoms with E-state index < -0.39 is 0 Å². The maximum absolute atomic E-state index is 5.82. The number of rotatable bonds is 3. The fraction of sp³-hybridized carbons (Fsp3) is 0.500. The lowest BCUT2D eigenvalue weighted by molar-refractivity contribution is 0.0365. The summed E-state index contributed by atoms with van der Waals surface area (Å²) >= 11 is 5.82. The van der Waals surface area contributed by atoms with Crippen LogP contribution in [0.3, 0.4) is 0 Å². The first-order chi connectivity index (χ1) is 8.83. The van der Waals surface area contributed by atoms with Gasteiger partial charge in [-0.15, -0.1) is 10.2 Å². The highest BCUT2D eigenvalue weighted by Crippen LogP contribution is 2.15. The first-order valence-corrected chi connectivity index (χ1v) is 6.49. The molecule has 1 fully saturated rings. The van der Waals surface area contributed by atoms with Gasteiger partial charge in [0.25, 0.3) is 0 Å². The highest BCUT2D eigenvalue weighted by atomic mass is 35.5. The summed E-state index contributed by atoms with van der Waals surface area (Å²) in [7, 11) is 0. The largest absolute Gasteiger partial charge is 0.379 e. The molecule has 0 bridgehead atoms. The van der Waals surface area contributed by atoms with Crippen LogP contribution >= 0.6 is 11.6 Å². The predicted octanol–water partition coefficient (Wildman–Crippen LogP) is 1.42. The normalized spacial score (nSPS) is 17.4. The van der Waals surface area contributed by atoms with E-state index in [0.29, 0.717) is 5.15 Å². The molecular weight excluding hydrogens is 252 g/mol. The molecule has 3 rings (SSSR count). The van der Waals surface area contributed by atoms with Gasteiger partial charge in [-0.3, -0.25) is 4.90 Å². The van der Waals surface area contributed by atoms with Gasteiger partial charge < -0.3 is 9.30 Å². The lowest BCUT2D eigenvalue weighted by Crippen LogP contribution is -2.38. The molecule has 6 heteroatoms. The average Bonchev–Trinajstić information content (AvgIpc) is 2.80. The van der Waals surface area contributed by atoms with E-state index in [1.165, 1.54) is 0 Å². The summed E-state index contributed by atoms with van der Waals surface area (Å²) in [5.41, 5.74) is 0.896. The molecule has 1 aliphatic heterocycles. The van der Waals surface area contributed by atoms with Gasteiger partial charge in [0.2, 0.25) is 0 Å². The van der Waals surface area contributed by atoms with Gasteiger partial charge in [0.05, 0.1) is 13.2 Å². The topological polar surface area (TPSA) is 43.2 Å². The molecule has 1 saturated heterocycles. The Morgan fingerprint density at radius 2 is 2.06 bits per heavy atom. The summed E-state index contributed by atoms with van der Waals surface area (Å²) < 4.78 is 7.45. The minimum absolute atomic E-state index is 0.438. The quantitative estimate of drug-likeness (QED) is 0.843. The van der Waals surface area contributed by atoms with Crippen molar-refractivity contribution in [2.24, 2.45) is 0 Å². The molecule has 2 aromatic rings. The molecular formula is C12H15ClN4O. The molecule has 0 atom stereocenters. The highest BCUT2D eigenvalue weighted by molar-refractivity contribution is 6.29. The van der Waals surface area contributed by atoms with Crippen molar-refractivity contribution in [3.63, 3.8) is 0 Å². The summed E-state index contributed by atoms with van der Waals surface area (Å²) in [5, 5.41) is 9.52. The number of halogens is 1. The van der Waals surface area contributed by atoms with Crippen LogP contribution in [-0.4, -0.2) is 52.5 Å². The van der Waals surface area contributed by atoms with Crippen LogP contribution in [0.25, 0.3) is 11.0 Å². The van der Waals surface area contributed by atoms with E-state index in [9.17, 15) is 0 Å². The van der Waals surface area contributed by atoms with E-state index in [-0.39, 0.29) is 0 Å². The van der Waals surface area contributed by atoms with Crippen LogP contribution in [0.2, 0.25) is 5.15 Å². The average molecular weight is 267 g/mol. The number of morpholine rings is 1. The lowest BCUT2D eigenvalue weighted by atomic mass is 10.4. The molecule has 0 aliphatic carbocycles. The van der Waals surface area contributed by atoms with Crippen molar-refractivity contribution in [2.45, 2.75) is 6.54 Å². The van der Waals surface area contributed by atoms with Gasteiger partial charge in [0, 0.05) is 37.8 Å². The van der Waals surface area contributed by atoms with Crippen LogP contribution in [-0.2, 0) is 11.3 Å². The Hall–Kier alpha value is -1.17. The zero-order valence-electron chi connectivity index (χ0n) is 10.0. The van der Waals surface area contributed by atoms with Gasteiger partial charge in [-0.25, -0.2) is 0 Å². The molecule has 5 nitrogen and oxygen atoms in total. The van der Waals surface area contributed by atoms with Crippen molar-refractivity contribution >= 4 is 22.6 Å². The van der Waals surface area contributed by atoms with Gasteiger partial charge >= 0.3 is 0 Å². The summed E-state index contributed by atoms with van der Waals surface area (Å²) in [6.07, 6.45) is 2.04. The van der Waals surface area contributed by atoms with Crippen molar-refractivity contribution in [3.05, 3.63) is 23.5 Å². The molecule has 0 aromatic carbocycles. The first-order valence-electron chi connectivity index (χ1n) is 6.11.